The largest absolute Gasteiger partial charge is 0.478 e. The maximum absolute atomic E-state index is 13.1. The molecule has 0 amide bonds. The van der Waals surface area contributed by atoms with Crippen LogP contribution < -0.4 is 20.2 Å². The Labute approximate surface area is 248 Å². The number of anilines is 3. The first-order chi connectivity index (χ1) is 20.5. The highest BCUT2D eigenvalue weighted by molar-refractivity contribution is 7.18. The summed E-state index contributed by atoms with van der Waals surface area (Å²) in [5.41, 5.74) is 6.16. The van der Waals surface area contributed by atoms with E-state index in [0.717, 1.165) is 39.8 Å². The van der Waals surface area contributed by atoms with Crippen molar-refractivity contribution in [1.29, 1.82) is 0 Å². The third-order valence-electron chi connectivity index (χ3n) is 6.22. The molecule has 0 aliphatic rings. The Hall–Kier alpha value is -5.23. The van der Waals surface area contributed by atoms with E-state index in [1.54, 1.807) is 42.1 Å². The number of carbonyl (C=O) groups is 1. The number of aromatic nitrogens is 2. The van der Waals surface area contributed by atoms with Crippen molar-refractivity contribution in [2.24, 2.45) is 12.1 Å². The smallest absolute Gasteiger partial charge is 0.416 e. The number of rotatable bonds is 9. The summed E-state index contributed by atoms with van der Waals surface area (Å²) >= 11 is 1.41. The van der Waals surface area contributed by atoms with Crippen molar-refractivity contribution in [2.75, 3.05) is 10.7 Å². The number of halogens is 3. The van der Waals surface area contributed by atoms with Crippen LogP contribution in [0, 0.1) is 0 Å². The summed E-state index contributed by atoms with van der Waals surface area (Å²) in [6, 6.07) is 25.7. The van der Waals surface area contributed by atoms with Crippen LogP contribution in [0.4, 0.5) is 29.7 Å². The van der Waals surface area contributed by atoms with E-state index < -0.39 is 17.7 Å². The maximum atomic E-state index is 13.1. The highest BCUT2D eigenvalue weighted by Gasteiger charge is 2.30. The van der Waals surface area contributed by atoms with Crippen LogP contribution in [0.25, 0.3) is 10.6 Å². The summed E-state index contributed by atoms with van der Waals surface area (Å²) in [5.74, 6) is -0.518. The summed E-state index contributed by atoms with van der Waals surface area (Å²) in [6.07, 6.45) is -4.46. The number of hydrogen-bond acceptors (Lipinski definition) is 7. The van der Waals surface area contributed by atoms with Gasteiger partial charge in [-0.3, -0.25) is 5.43 Å². The standard InChI is InChI=1S/C31H24F3N5O3S/c1-19(36-37-24-14-12-20(13-15-24)29(40)41)21-6-3-9-25(16-21)35-30-39(2)38-28(43-30)22-7-4-10-26(17-22)42-27-11-5-8-23(18-27)31(32,33)34/h3-18,37H,1-2H3,(H,40,41)/p+1/b36-19+. The van der Waals surface area contributed by atoms with Gasteiger partial charge in [-0.25, -0.2) is 10.1 Å². The van der Waals surface area contributed by atoms with Crippen molar-refractivity contribution in [3.63, 3.8) is 0 Å². The summed E-state index contributed by atoms with van der Waals surface area (Å²) in [6.45, 7) is 1.86. The zero-order valence-electron chi connectivity index (χ0n) is 22.9. The lowest BCUT2D eigenvalue weighted by atomic mass is 10.1. The molecule has 0 saturated heterocycles. The van der Waals surface area contributed by atoms with Gasteiger partial charge in [-0.1, -0.05) is 35.4 Å². The minimum absolute atomic E-state index is 0.0871. The van der Waals surface area contributed by atoms with Crippen molar-refractivity contribution >= 4 is 39.5 Å². The van der Waals surface area contributed by atoms with Gasteiger partial charge in [-0.15, -0.1) is 4.68 Å². The van der Waals surface area contributed by atoms with Crippen LogP contribution in [-0.2, 0) is 13.2 Å². The van der Waals surface area contributed by atoms with Gasteiger partial charge in [0.1, 0.15) is 24.2 Å². The van der Waals surface area contributed by atoms with Crippen molar-refractivity contribution in [2.45, 2.75) is 13.1 Å². The highest BCUT2D eigenvalue weighted by atomic mass is 32.1. The number of aromatic carboxylic acids is 1. The van der Waals surface area contributed by atoms with Gasteiger partial charge in [-0.2, -0.15) is 18.3 Å². The predicted molar refractivity (Wildman–Crippen MR) is 159 cm³/mol. The topological polar surface area (TPSA) is 99.7 Å². The Bertz CT molecular complexity index is 1800. The summed E-state index contributed by atoms with van der Waals surface area (Å²) in [7, 11) is 1.81. The number of alkyl halides is 3. The molecule has 0 aliphatic carbocycles. The van der Waals surface area contributed by atoms with Gasteiger partial charge in [0.2, 0.25) is 0 Å². The molecule has 218 valence electrons. The fourth-order valence-electron chi connectivity index (χ4n) is 3.99. The molecule has 3 N–H and O–H groups in total. The molecule has 0 radical (unpaired) electrons. The lowest BCUT2D eigenvalue weighted by molar-refractivity contribution is -0.711. The van der Waals surface area contributed by atoms with Crippen LogP contribution in [0.1, 0.15) is 28.4 Å². The molecule has 4 aromatic carbocycles. The van der Waals surface area contributed by atoms with Crippen LogP contribution in [-0.4, -0.2) is 21.9 Å². The zero-order chi connectivity index (χ0) is 30.6. The van der Waals surface area contributed by atoms with Gasteiger partial charge in [0, 0.05) is 11.1 Å². The highest BCUT2D eigenvalue weighted by Crippen LogP contribution is 2.34. The van der Waals surface area contributed by atoms with Crippen molar-refractivity contribution in [3.05, 3.63) is 114 Å². The number of carboxylic acids is 1. The van der Waals surface area contributed by atoms with E-state index in [2.05, 4.69) is 20.9 Å². The first-order valence-electron chi connectivity index (χ1n) is 12.9. The van der Waals surface area contributed by atoms with Gasteiger partial charge < -0.3 is 9.84 Å². The minimum atomic E-state index is -4.46. The second-order valence-electron chi connectivity index (χ2n) is 9.39. The second-order valence-corrected chi connectivity index (χ2v) is 10.4. The number of hydrogen-bond donors (Lipinski definition) is 3. The van der Waals surface area contributed by atoms with E-state index in [4.69, 9.17) is 9.84 Å². The molecule has 12 heteroatoms. The number of carboxylic acid groups (broad SMARTS) is 1. The third kappa shape index (κ3) is 7.35. The first-order valence-corrected chi connectivity index (χ1v) is 13.7. The molecular weight excluding hydrogens is 579 g/mol. The van der Waals surface area contributed by atoms with E-state index in [1.165, 1.54) is 35.6 Å². The van der Waals surface area contributed by atoms with Gasteiger partial charge >= 0.3 is 17.3 Å². The van der Waals surface area contributed by atoms with Gasteiger partial charge in [0.05, 0.1) is 22.5 Å². The molecule has 1 aromatic heterocycles. The fraction of sp³-hybridized carbons (Fsp3) is 0.0968. The van der Waals surface area contributed by atoms with E-state index >= 15 is 0 Å². The molecular formula is C31H25F3N5O3S+. The lowest BCUT2D eigenvalue weighted by Gasteiger charge is -2.10. The average molecular weight is 605 g/mol. The normalized spacial score (nSPS) is 11.7. The van der Waals surface area contributed by atoms with Crippen molar-refractivity contribution < 1.29 is 32.5 Å². The number of ether oxygens (including phenoxy) is 1. The average Bonchev–Trinajstić information content (AvgIpc) is 3.35. The zero-order valence-corrected chi connectivity index (χ0v) is 23.7. The van der Waals surface area contributed by atoms with E-state index in [-0.39, 0.29) is 11.3 Å². The monoisotopic (exact) mass is 604 g/mol. The Balaban J connectivity index is 1.29. The van der Waals surface area contributed by atoms with E-state index in [0.29, 0.717) is 16.4 Å². The summed E-state index contributed by atoms with van der Waals surface area (Å²) in [4.78, 5) is 11.0. The molecule has 0 spiro atoms. The SMILES string of the molecule is C/C(=N\Nc1ccc(C(=O)O)cc1)c1cccc(Nc2sc(-c3cccc(Oc4cccc(C(F)(F)F)c4)c3)n[n+]2C)c1. The molecule has 43 heavy (non-hydrogen) atoms. The Morgan fingerprint density at radius 1 is 0.907 bits per heavy atom. The Kier molecular flexibility index (Phi) is 8.39. The van der Waals surface area contributed by atoms with Crippen LogP contribution in [0.3, 0.4) is 0 Å². The van der Waals surface area contributed by atoms with Crippen LogP contribution >= 0.6 is 11.3 Å². The maximum Gasteiger partial charge on any atom is 0.416 e. The Morgan fingerprint density at radius 2 is 1.60 bits per heavy atom. The first kappa shape index (κ1) is 29.3. The van der Waals surface area contributed by atoms with E-state index in [9.17, 15) is 18.0 Å². The summed E-state index contributed by atoms with van der Waals surface area (Å²) in [5, 5.41) is 22.9. The third-order valence-corrected chi connectivity index (χ3v) is 7.29. The number of hydrazone groups is 1. The van der Waals surface area contributed by atoms with E-state index in [1.807, 2.05) is 37.3 Å². The van der Waals surface area contributed by atoms with Gasteiger partial charge in [0.25, 0.3) is 0 Å². The molecule has 8 nitrogen and oxygen atoms in total. The van der Waals surface area contributed by atoms with Crippen LogP contribution in [0.2, 0.25) is 0 Å². The van der Waals surface area contributed by atoms with Crippen molar-refractivity contribution in [1.82, 2.24) is 5.10 Å². The molecule has 5 aromatic rings. The molecule has 0 aliphatic heterocycles. The van der Waals surface area contributed by atoms with Crippen LogP contribution in [0.15, 0.2) is 102 Å². The predicted octanol–water partition coefficient (Wildman–Crippen LogP) is 7.72. The molecule has 0 fully saturated rings. The molecule has 0 unspecified atom stereocenters. The Morgan fingerprint density at radius 3 is 2.33 bits per heavy atom. The number of benzene rings is 4. The number of aryl methyl sites for hydroxylation is 1. The number of nitrogens with one attached hydrogen (secondary N) is 2. The molecule has 0 bridgehead atoms. The molecule has 1 heterocycles. The van der Waals surface area contributed by atoms with Gasteiger partial charge in [-0.05, 0) is 85.0 Å². The molecule has 5 rings (SSSR count). The van der Waals surface area contributed by atoms with Crippen LogP contribution in [0.5, 0.6) is 11.5 Å². The van der Waals surface area contributed by atoms with Crippen molar-refractivity contribution in [3.8, 4) is 22.1 Å². The summed E-state index contributed by atoms with van der Waals surface area (Å²) < 4.78 is 46.7. The quantitative estimate of drug-likeness (QED) is 0.0905. The minimum Gasteiger partial charge on any atom is -0.478 e. The molecule has 0 saturated carbocycles. The lowest BCUT2D eigenvalue weighted by Crippen LogP contribution is -2.32. The second kappa shape index (κ2) is 12.3. The molecule has 0 atom stereocenters. The number of nitrogens with zero attached hydrogens (tertiary/aromatic N) is 3. The van der Waals surface area contributed by atoms with Gasteiger partial charge in [0.15, 0.2) is 5.01 Å². The fourth-order valence-corrected chi connectivity index (χ4v) is 4.93.